The van der Waals surface area contributed by atoms with E-state index in [1.54, 1.807) is 29.1 Å². The van der Waals surface area contributed by atoms with Crippen molar-refractivity contribution >= 4 is 28.8 Å². The van der Waals surface area contributed by atoms with E-state index in [2.05, 4.69) is 15.6 Å². The average molecular weight is 372 g/mol. The van der Waals surface area contributed by atoms with Gasteiger partial charge in [0.2, 0.25) is 11.8 Å². The van der Waals surface area contributed by atoms with Crippen LogP contribution in [0, 0.1) is 5.82 Å². The molecule has 0 radical (unpaired) electrons. The lowest BCUT2D eigenvalue weighted by molar-refractivity contribution is -0.120. The van der Waals surface area contributed by atoms with Crippen LogP contribution in [-0.4, -0.2) is 21.4 Å². The number of hydrogen-bond acceptors (Lipinski definition) is 4. The van der Waals surface area contributed by atoms with Crippen LogP contribution in [0.1, 0.15) is 24.3 Å². The number of aromatic nitrogens is 2. The van der Waals surface area contributed by atoms with Gasteiger partial charge in [0.1, 0.15) is 5.82 Å². The number of carbonyl (C=O) groups excluding carboxylic acids is 2. The van der Waals surface area contributed by atoms with Crippen molar-refractivity contribution in [1.29, 1.82) is 0 Å². The van der Waals surface area contributed by atoms with Gasteiger partial charge in [0.05, 0.1) is 24.5 Å². The van der Waals surface area contributed by atoms with E-state index < -0.39 is 11.9 Å². The number of benzene rings is 1. The van der Waals surface area contributed by atoms with Crippen LogP contribution in [0.15, 0.2) is 54.4 Å². The summed E-state index contributed by atoms with van der Waals surface area (Å²) in [6.45, 7) is 1.41. The fraction of sp³-hybridized carbons (Fsp3) is 0.167. The molecule has 134 valence electrons. The molecule has 1 aromatic carbocycles. The van der Waals surface area contributed by atoms with Gasteiger partial charge in [-0.1, -0.05) is 6.07 Å². The first-order valence-electron chi connectivity index (χ1n) is 7.91. The van der Waals surface area contributed by atoms with Crippen LogP contribution in [0.5, 0.6) is 0 Å². The summed E-state index contributed by atoms with van der Waals surface area (Å²) in [5.74, 6) is -1.00. The fourth-order valence-electron chi connectivity index (χ4n) is 2.55. The molecule has 0 saturated heterocycles. The molecule has 0 aliphatic carbocycles. The van der Waals surface area contributed by atoms with Gasteiger partial charge in [0.15, 0.2) is 0 Å². The largest absolute Gasteiger partial charge is 0.348 e. The number of hydrogen-bond donors (Lipinski definition) is 2. The SMILES string of the molecule is CC(=O)NC(CC(=O)Nc1ccc(-n2ccnc2)c(F)c1)c1cccs1. The zero-order chi connectivity index (χ0) is 18.5. The van der Waals surface area contributed by atoms with E-state index in [4.69, 9.17) is 0 Å². The van der Waals surface area contributed by atoms with Crippen LogP contribution in [0.4, 0.5) is 10.1 Å². The first-order valence-corrected chi connectivity index (χ1v) is 8.79. The van der Waals surface area contributed by atoms with Gasteiger partial charge in [-0.25, -0.2) is 9.37 Å². The minimum atomic E-state index is -0.475. The number of rotatable bonds is 6. The van der Waals surface area contributed by atoms with Gasteiger partial charge >= 0.3 is 0 Å². The number of thiophene rings is 1. The van der Waals surface area contributed by atoms with Crippen LogP contribution in [0.3, 0.4) is 0 Å². The molecule has 3 rings (SSSR count). The molecule has 2 heterocycles. The number of nitrogens with zero attached hydrogens (tertiary/aromatic N) is 2. The zero-order valence-corrected chi connectivity index (χ0v) is 14.8. The second kappa shape index (κ2) is 7.92. The Hall–Kier alpha value is -3.00. The highest BCUT2D eigenvalue weighted by Gasteiger charge is 2.18. The molecule has 0 spiro atoms. The molecule has 8 heteroatoms. The third-order valence-electron chi connectivity index (χ3n) is 3.67. The van der Waals surface area contributed by atoms with Crippen molar-refractivity contribution in [1.82, 2.24) is 14.9 Å². The van der Waals surface area contributed by atoms with E-state index in [9.17, 15) is 14.0 Å². The predicted octanol–water partition coefficient (Wildman–Crippen LogP) is 3.28. The summed E-state index contributed by atoms with van der Waals surface area (Å²) >= 11 is 1.46. The Morgan fingerprint density at radius 3 is 2.81 bits per heavy atom. The Morgan fingerprint density at radius 1 is 1.35 bits per heavy atom. The average Bonchev–Trinajstić information content (AvgIpc) is 3.28. The number of imidazole rings is 1. The molecule has 0 aliphatic heterocycles. The Kier molecular flexibility index (Phi) is 5.43. The van der Waals surface area contributed by atoms with Crippen LogP contribution in [-0.2, 0) is 9.59 Å². The molecule has 3 aromatic rings. The molecule has 0 bridgehead atoms. The summed E-state index contributed by atoms with van der Waals surface area (Å²) in [4.78, 5) is 28.5. The highest BCUT2D eigenvalue weighted by Crippen LogP contribution is 2.23. The lowest BCUT2D eigenvalue weighted by atomic mass is 10.1. The van der Waals surface area contributed by atoms with E-state index in [1.165, 1.54) is 30.7 Å². The molecule has 26 heavy (non-hydrogen) atoms. The first-order chi connectivity index (χ1) is 12.5. The van der Waals surface area contributed by atoms with Crippen LogP contribution in [0.2, 0.25) is 0 Å². The van der Waals surface area contributed by atoms with Crippen molar-refractivity contribution in [2.24, 2.45) is 0 Å². The number of amides is 2. The van der Waals surface area contributed by atoms with Gasteiger partial charge < -0.3 is 15.2 Å². The lowest BCUT2D eigenvalue weighted by Crippen LogP contribution is -2.29. The van der Waals surface area contributed by atoms with Gasteiger partial charge in [0.25, 0.3) is 0 Å². The summed E-state index contributed by atoms with van der Waals surface area (Å²) in [7, 11) is 0. The van der Waals surface area contributed by atoms with Crippen molar-refractivity contribution in [3.05, 3.63) is 65.1 Å². The third kappa shape index (κ3) is 4.34. The van der Waals surface area contributed by atoms with E-state index in [0.717, 1.165) is 4.88 Å². The minimum absolute atomic E-state index is 0.0605. The Labute approximate surface area is 153 Å². The van der Waals surface area contributed by atoms with Crippen LogP contribution >= 0.6 is 11.3 Å². The fourth-order valence-corrected chi connectivity index (χ4v) is 3.33. The van der Waals surface area contributed by atoms with E-state index in [1.807, 2.05) is 17.5 Å². The number of nitrogens with one attached hydrogen (secondary N) is 2. The Morgan fingerprint density at radius 2 is 2.19 bits per heavy atom. The standard InChI is InChI=1S/C18H17FN4O2S/c1-12(24)21-15(17-3-2-8-26-17)10-18(25)22-13-4-5-16(14(19)9-13)23-7-6-20-11-23/h2-9,11,15H,10H2,1H3,(H,21,24)(H,22,25). The van der Waals surface area contributed by atoms with Gasteiger partial charge in [-0.2, -0.15) is 0 Å². The van der Waals surface area contributed by atoms with Crippen molar-refractivity contribution in [2.45, 2.75) is 19.4 Å². The Bertz CT molecular complexity index is 894. The van der Waals surface area contributed by atoms with E-state index in [-0.39, 0.29) is 18.2 Å². The van der Waals surface area contributed by atoms with Gasteiger partial charge in [-0.15, -0.1) is 11.3 Å². The summed E-state index contributed by atoms with van der Waals surface area (Å²) in [6.07, 6.45) is 4.75. The quantitative estimate of drug-likeness (QED) is 0.697. The van der Waals surface area contributed by atoms with Crippen molar-refractivity contribution in [3.63, 3.8) is 0 Å². The van der Waals surface area contributed by atoms with E-state index in [0.29, 0.717) is 11.4 Å². The maximum absolute atomic E-state index is 14.3. The number of halogens is 1. The van der Waals surface area contributed by atoms with Gasteiger partial charge in [-0.3, -0.25) is 9.59 Å². The second-order valence-electron chi connectivity index (χ2n) is 5.66. The molecular formula is C18H17FN4O2S. The van der Waals surface area contributed by atoms with Crippen molar-refractivity contribution < 1.29 is 14.0 Å². The zero-order valence-electron chi connectivity index (χ0n) is 14.0. The van der Waals surface area contributed by atoms with E-state index >= 15 is 0 Å². The third-order valence-corrected chi connectivity index (χ3v) is 4.65. The first kappa shape index (κ1) is 17.8. The summed E-state index contributed by atoms with van der Waals surface area (Å²) in [6, 6.07) is 7.75. The molecule has 1 atom stereocenters. The topological polar surface area (TPSA) is 76.0 Å². The maximum Gasteiger partial charge on any atom is 0.226 e. The molecule has 1 unspecified atom stereocenters. The monoisotopic (exact) mass is 372 g/mol. The molecule has 0 saturated carbocycles. The maximum atomic E-state index is 14.3. The summed E-state index contributed by atoms with van der Waals surface area (Å²) < 4.78 is 15.8. The molecule has 0 aliphatic rings. The number of anilines is 1. The van der Waals surface area contributed by atoms with Gasteiger partial charge in [0, 0.05) is 29.9 Å². The predicted molar refractivity (Wildman–Crippen MR) is 97.6 cm³/mol. The smallest absolute Gasteiger partial charge is 0.226 e. The highest BCUT2D eigenvalue weighted by molar-refractivity contribution is 7.10. The van der Waals surface area contributed by atoms with Crippen molar-refractivity contribution in [3.8, 4) is 5.69 Å². The molecular weight excluding hydrogens is 355 g/mol. The summed E-state index contributed by atoms with van der Waals surface area (Å²) in [5.41, 5.74) is 0.694. The van der Waals surface area contributed by atoms with Crippen molar-refractivity contribution in [2.75, 3.05) is 5.32 Å². The molecule has 2 aromatic heterocycles. The minimum Gasteiger partial charge on any atom is -0.348 e. The summed E-state index contributed by atoms with van der Waals surface area (Å²) in [5, 5.41) is 7.32. The lowest BCUT2D eigenvalue weighted by Gasteiger charge is -2.16. The Balaban J connectivity index is 1.69. The van der Waals surface area contributed by atoms with Crippen LogP contribution < -0.4 is 10.6 Å². The molecule has 2 N–H and O–H groups in total. The molecule has 6 nitrogen and oxygen atoms in total. The molecule has 2 amide bonds. The van der Waals surface area contributed by atoms with Crippen LogP contribution in [0.25, 0.3) is 5.69 Å². The normalized spacial score (nSPS) is 11.8. The molecule has 0 fully saturated rings. The highest BCUT2D eigenvalue weighted by atomic mass is 32.1. The van der Waals surface area contributed by atoms with Gasteiger partial charge in [-0.05, 0) is 29.6 Å². The number of carbonyl (C=O) groups is 2. The second-order valence-corrected chi connectivity index (χ2v) is 6.64.